The Morgan fingerprint density at radius 2 is 1.62 bits per heavy atom. The zero-order valence-corrected chi connectivity index (χ0v) is 19.6. The summed E-state index contributed by atoms with van der Waals surface area (Å²) in [5.41, 5.74) is 0.978. The quantitative estimate of drug-likeness (QED) is 0.304. The molecule has 4 N–H and O–H groups in total. The highest BCUT2D eigenvalue weighted by Gasteiger charge is 2.18. The molecule has 0 atom stereocenters. The zero-order valence-electron chi connectivity index (χ0n) is 18.0. The van der Waals surface area contributed by atoms with Crippen molar-refractivity contribution in [3.05, 3.63) is 77.8 Å². The van der Waals surface area contributed by atoms with Crippen LogP contribution in [-0.2, 0) is 0 Å². The van der Waals surface area contributed by atoms with Crippen molar-refractivity contribution in [3.63, 3.8) is 0 Å². The van der Waals surface area contributed by atoms with Crippen LogP contribution in [0.25, 0.3) is 16.7 Å². The predicted octanol–water partition coefficient (Wildman–Crippen LogP) is 2.90. The second kappa shape index (κ2) is 8.82. The number of fused-ring (bicyclic) bond motifs is 1. The Balaban J connectivity index is 1.63. The fourth-order valence-electron chi connectivity index (χ4n) is 4.17. The number of halogens is 1. The van der Waals surface area contributed by atoms with Crippen molar-refractivity contribution >= 4 is 44.6 Å². The average Bonchev–Trinajstić information content (AvgIpc) is 3.19. The van der Waals surface area contributed by atoms with E-state index in [0.717, 1.165) is 47.1 Å². The molecule has 1 fully saturated rings. The third-order valence-electron chi connectivity index (χ3n) is 5.85. The van der Waals surface area contributed by atoms with Gasteiger partial charge in [-0.1, -0.05) is 15.9 Å². The predicted molar refractivity (Wildman–Crippen MR) is 134 cm³/mol. The summed E-state index contributed by atoms with van der Waals surface area (Å²) in [6.07, 6.45) is 4.48. The van der Waals surface area contributed by atoms with Crippen LogP contribution in [0.3, 0.4) is 0 Å². The maximum atomic E-state index is 12.5. The number of imidazole rings is 1. The molecule has 11 heteroatoms. The van der Waals surface area contributed by atoms with Crippen molar-refractivity contribution in [3.8, 4) is 11.6 Å². The summed E-state index contributed by atoms with van der Waals surface area (Å²) in [7, 11) is 0. The van der Waals surface area contributed by atoms with Gasteiger partial charge in [0.05, 0.1) is 28.1 Å². The fourth-order valence-corrected chi connectivity index (χ4v) is 4.43. The fraction of sp³-hybridized carbons (Fsp3) is 0.217. The lowest BCUT2D eigenvalue weighted by atomic mass is 10.1. The molecule has 34 heavy (non-hydrogen) atoms. The lowest BCUT2D eigenvalue weighted by Gasteiger charge is -2.29. The summed E-state index contributed by atoms with van der Waals surface area (Å²) in [5, 5.41) is 10.8. The second-order valence-corrected chi connectivity index (χ2v) is 9.00. The van der Waals surface area contributed by atoms with Crippen LogP contribution in [0.2, 0.25) is 0 Å². The normalized spacial score (nSPS) is 14.3. The molecular formula is C23H21BrN6O4. The first-order valence-electron chi connectivity index (χ1n) is 10.8. The van der Waals surface area contributed by atoms with Crippen molar-refractivity contribution in [2.75, 3.05) is 18.0 Å². The zero-order chi connectivity index (χ0) is 23.8. The van der Waals surface area contributed by atoms with Crippen LogP contribution >= 0.6 is 15.9 Å². The highest BCUT2D eigenvalue weighted by atomic mass is 79.9. The summed E-state index contributed by atoms with van der Waals surface area (Å²) in [6.45, 7) is 1.70. The number of anilines is 1. The van der Waals surface area contributed by atoms with Crippen molar-refractivity contribution in [1.29, 1.82) is 0 Å². The molecule has 1 aliphatic heterocycles. The Hall–Kier alpha value is -3.86. The Bertz CT molecular complexity index is 1570. The number of aromatic hydroxyl groups is 1. The molecule has 1 saturated heterocycles. The van der Waals surface area contributed by atoms with E-state index in [1.165, 1.54) is 6.21 Å². The summed E-state index contributed by atoms with van der Waals surface area (Å²) >= 11 is 3.33. The number of aromatic nitrogens is 4. The molecule has 10 nitrogen and oxygen atoms in total. The van der Waals surface area contributed by atoms with Gasteiger partial charge in [0.1, 0.15) is 5.56 Å². The molecule has 1 aliphatic rings. The topological polar surface area (TPSA) is 139 Å². The maximum absolute atomic E-state index is 12.5. The van der Waals surface area contributed by atoms with Gasteiger partial charge in [-0.2, -0.15) is 0 Å². The highest BCUT2D eigenvalue weighted by Crippen LogP contribution is 2.34. The summed E-state index contributed by atoms with van der Waals surface area (Å²) in [4.78, 5) is 51.2. The van der Waals surface area contributed by atoms with Gasteiger partial charge < -0.3 is 20.0 Å². The van der Waals surface area contributed by atoms with Gasteiger partial charge >= 0.3 is 11.4 Å². The number of nitrogens with one attached hydrogen (secondary N) is 3. The third kappa shape index (κ3) is 4.10. The molecule has 4 aromatic rings. The van der Waals surface area contributed by atoms with Crippen molar-refractivity contribution in [1.82, 2.24) is 19.5 Å². The Labute approximate surface area is 200 Å². The first-order valence-corrected chi connectivity index (χ1v) is 11.6. The molecule has 0 saturated carbocycles. The number of hydrogen-bond acceptors (Lipinski definition) is 6. The van der Waals surface area contributed by atoms with Gasteiger partial charge in [0.2, 0.25) is 5.88 Å². The first-order chi connectivity index (χ1) is 16.4. The van der Waals surface area contributed by atoms with E-state index in [0.29, 0.717) is 22.4 Å². The van der Waals surface area contributed by atoms with E-state index >= 15 is 0 Å². The van der Waals surface area contributed by atoms with Gasteiger partial charge in [0.25, 0.3) is 5.56 Å². The van der Waals surface area contributed by atoms with E-state index in [-0.39, 0.29) is 11.3 Å². The molecule has 0 spiro atoms. The lowest BCUT2D eigenvalue weighted by molar-refractivity contribution is 0.430. The largest absolute Gasteiger partial charge is 0.493 e. The van der Waals surface area contributed by atoms with Crippen molar-refractivity contribution in [2.24, 2.45) is 4.99 Å². The van der Waals surface area contributed by atoms with E-state index in [1.807, 2.05) is 6.07 Å². The minimum absolute atomic E-state index is 0.158. The number of aliphatic imine (C=N–C) groups is 1. The van der Waals surface area contributed by atoms with Crippen LogP contribution in [0.1, 0.15) is 24.8 Å². The molecule has 0 amide bonds. The number of aromatic amines is 3. The van der Waals surface area contributed by atoms with Crippen molar-refractivity contribution in [2.45, 2.75) is 19.3 Å². The number of piperidine rings is 1. The highest BCUT2D eigenvalue weighted by molar-refractivity contribution is 9.10. The lowest BCUT2D eigenvalue weighted by Crippen LogP contribution is -2.31. The Kier molecular flexibility index (Phi) is 5.70. The maximum Gasteiger partial charge on any atom is 0.335 e. The summed E-state index contributed by atoms with van der Waals surface area (Å²) in [5.74, 6) is -0.518. The average molecular weight is 525 g/mol. The Morgan fingerprint density at radius 3 is 2.32 bits per heavy atom. The number of H-pyrrole nitrogens is 3. The molecule has 2 aromatic carbocycles. The van der Waals surface area contributed by atoms with Crippen LogP contribution < -0.4 is 21.8 Å². The van der Waals surface area contributed by atoms with E-state index in [2.05, 4.69) is 40.8 Å². The minimum Gasteiger partial charge on any atom is -0.493 e. The standard InChI is InChI=1S/C23H21BrN6O4/c24-13-4-6-14(7-5-13)30-21(32)15(20(31)28-23(30)34)12-25-18-10-16-17(27-22(33)26-16)11-19(18)29-8-2-1-3-9-29/h4-7,10-12,32H,1-3,8-9H2,(H2,26,27,33)(H,28,31,34). The van der Waals surface area contributed by atoms with Gasteiger partial charge in [0.15, 0.2) is 0 Å². The van der Waals surface area contributed by atoms with E-state index in [9.17, 15) is 19.5 Å². The first kappa shape index (κ1) is 22.0. The number of benzene rings is 2. The van der Waals surface area contributed by atoms with Gasteiger partial charge in [0, 0.05) is 23.8 Å². The van der Waals surface area contributed by atoms with Gasteiger partial charge in [-0.25, -0.2) is 14.2 Å². The molecule has 5 rings (SSSR count). The van der Waals surface area contributed by atoms with E-state index < -0.39 is 17.1 Å². The van der Waals surface area contributed by atoms with Gasteiger partial charge in [-0.05, 0) is 55.7 Å². The molecular weight excluding hydrogens is 504 g/mol. The number of nitrogens with zero attached hydrogens (tertiary/aromatic N) is 3. The monoisotopic (exact) mass is 524 g/mol. The minimum atomic E-state index is -0.762. The number of hydrogen-bond donors (Lipinski definition) is 4. The van der Waals surface area contributed by atoms with E-state index in [4.69, 9.17) is 0 Å². The van der Waals surface area contributed by atoms with Crippen LogP contribution in [0.4, 0.5) is 11.4 Å². The molecule has 174 valence electrons. The molecule has 0 radical (unpaired) electrons. The van der Waals surface area contributed by atoms with Crippen molar-refractivity contribution < 1.29 is 5.11 Å². The Morgan fingerprint density at radius 1 is 0.941 bits per heavy atom. The molecule has 0 unspecified atom stereocenters. The third-order valence-corrected chi connectivity index (χ3v) is 6.37. The molecule has 3 heterocycles. The molecule has 0 bridgehead atoms. The summed E-state index contributed by atoms with van der Waals surface area (Å²) < 4.78 is 1.81. The van der Waals surface area contributed by atoms with Gasteiger partial charge in [-0.15, -0.1) is 0 Å². The SMILES string of the molecule is O=c1[nH]c2cc(N=Cc3c(O)n(-c4ccc(Br)cc4)c(=O)[nH]c3=O)c(N3CCCCC3)cc2[nH]1. The van der Waals surface area contributed by atoms with Crippen LogP contribution in [0.15, 0.2) is 60.2 Å². The smallest absolute Gasteiger partial charge is 0.335 e. The second-order valence-electron chi connectivity index (χ2n) is 8.08. The van der Waals surface area contributed by atoms with Crippen LogP contribution in [-0.4, -0.2) is 43.9 Å². The molecule has 2 aromatic heterocycles. The molecule has 0 aliphatic carbocycles. The summed E-state index contributed by atoms with van der Waals surface area (Å²) in [6, 6.07) is 10.3. The van der Waals surface area contributed by atoms with E-state index in [1.54, 1.807) is 30.3 Å². The van der Waals surface area contributed by atoms with Gasteiger partial charge in [-0.3, -0.25) is 14.8 Å². The van der Waals surface area contributed by atoms with Crippen LogP contribution in [0, 0.1) is 0 Å². The van der Waals surface area contributed by atoms with Crippen LogP contribution in [0.5, 0.6) is 5.88 Å². The number of rotatable bonds is 4.